The summed E-state index contributed by atoms with van der Waals surface area (Å²) in [5, 5.41) is 8.98. The summed E-state index contributed by atoms with van der Waals surface area (Å²) in [5.41, 5.74) is 0.153. The van der Waals surface area contributed by atoms with Crippen molar-refractivity contribution >= 4 is 11.8 Å². The van der Waals surface area contributed by atoms with Crippen LogP contribution < -0.4 is 0 Å². The third-order valence-electron chi connectivity index (χ3n) is 3.37. The molecule has 3 aromatic rings. The van der Waals surface area contributed by atoms with E-state index >= 15 is 0 Å². The first-order chi connectivity index (χ1) is 11.4. The first-order valence-corrected chi connectivity index (χ1v) is 8.05. The van der Waals surface area contributed by atoms with Crippen molar-refractivity contribution in [3.63, 3.8) is 0 Å². The van der Waals surface area contributed by atoms with Gasteiger partial charge in [-0.15, -0.1) is 10.2 Å². The third kappa shape index (κ3) is 3.76. The number of aromatic nitrogens is 4. The molecule has 0 spiro atoms. The largest absolute Gasteiger partial charge is 0.416 e. The molecule has 0 N–H and O–H groups in total. The number of aryl methyl sites for hydroxylation is 1. The first kappa shape index (κ1) is 16.5. The molecule has 8 heteroatoms. The lowest BCUT2D eigenvalue weighted by Gasteiger charge is -2.07. The van der Waals surface area contributed by atoms with E-state index in [4.69, 9.17) is 0 Å². The molecule has 0 fully saturated rings. The average Bonchev–Trinajstić information content (AvgIpc) is 2.99. The van der Waals surface area contributed by atoms with Gasteiger partial charge in [-0.05, 0) is 36.8 Å². The zero-order valence-electron chi connectivity index (χ0n) is 12.7. The van der Waals surface area contributed by atoms with Crippen LogP contribution in [0.15, 0.2) is 53.8 Å². The van der Waals surface area contributed by atoms with Gasteiger partial charge in [0.25, 0.3) is 0 Å². The SMILES string of the molecule is Cc1nccn1-c1ccc(SCc2ccc(C(F)(F)F)cc2)nn1. The van der Waals surface area contributed by atoms with Gasteiger partial charge < -0.3 is 0 Å². The Morgan fingerprint density at radius 2 is 1.79 bits per heavy atom. The molecule has 0 atom stereocenters. The van der Waals surface area contributed by atoms with Crippen molar-refractivity contribution in [3.05, 3.63) is 65.7 Å². The van der Waals surface area contributed by atoms with E-state index in [-0.39, 0.29) is 0 Å². The van der Waals surface area contributed by atoms with Crippen LogP contribution in [0.4, 0.5) is 13.2 Å². The van der Waals surface area contributed by atoms with Gasteiger partial charge in [0, 0.05) is 18.1 Å². The molecule has 2 aromatic heterocycles. The molecule has 0 aliphatic carbocycles. The van der Waals surface area contributed by atoms with E-state index in [0.717, 1.165) is 23.5 Å². The highest BCUT2D eigenvalue weighted by Gasteiger charge is 2.29. The molecule has 2 heterocycles. The summed E-state index contributed by atoms with van der Waals surface area (Å²) in [6, 6.07) is 8.80. The van der Waals surface area contributed by atoms with Crippen LogP contribution in [0.5, 0.6) is 0 Å². The standard InChI is InChI=1S/C16H13F3N4S/c1-11-20-8-9-23(11)14-6-7-15(22-21-14)24-10-12-2-4-13(5-3-12)16(17,18)19/h2-9H,10H2,1H3. The number of hydrogen-bond acceptors (Lipinski definition) is 4. The zero-order valence-corrected chi connectivity index (χ0v) is 13.5. The zero-order chi connectivity index (χ0) is 17.2. The van der Waals surface area contributed by atoms with Crippen LogP contribution in [0.25, 0.3) is 5.82 Å². The summed E-state index contributed by atoms with van der Waals surface area (Å²) in [6.45, 7) is 1.87. The monoisotopic (exact) mass is 350 g/mol. The van der Waals surface area contributed by atoms with E-state index in [1.165, 1.54) is 23.9 Å². The Labute approximate surface area is 140 Å². The predicted octanol–water partition coefficient (Wildman–Crippen LogP) is 4.28. The van der Waals surface area contributed by atoms with Crippen LogP contribution in [-0.4, -0.2) is 19.7 Å². The van der Waals surface area contributed by atoms with Gasteiger partial charge in [0.1, 0.15) is 10.9 Å². The number of alkyl halides is 3. The first-order valence-electron chi connectivity index (χ1n) is 7.06. The Morgan fingerprint density at radius 3 is 2.33 bits per heavy atom. The van der Waals surface area contributed by atoms with E-state index in [1.807, 2.05) is 23.6 Å². The average molecular weight is 350 g/mol. The van der Waals surface area contributed by atoms with Gasteiger partial charge in [-0.3, -0.25) is 4.57 Å². The fourth-order valence-electron chi connectivity index (χ4n) is 2.09. The topological polar surface area (TPSA) is 43.6 Å². The Bertz CT molecular complexity index is 811. The molecule has 0 aliphatic rings. The van der Waals surface area contributed by atoms with E-state index in [2.05, 4.69) is 15.2 Å². The Hall–Kier alpha value is -2.35. The lowest BCUT2D eigenvalue weighted by atomic mass is 10.1. The van der Waals surface area contributed by atoms with E-state index in [1.54, 1.807) is 12.4 Å². The third-order valence-corrected chi connectivity index (χ3v) is 4.36. The van der Waals surface area contributed by atoms with Gasteiger partial charge in [0.15, 0.2) is 5.82 Å². The van der Waals surface area contributed by atoms with Crippen molar-refractivity contribution in [1.29, 1.82) is 0 Å². The van der Waals surface area contributed by atoms with Gasteiger partial charge in [-0.2, -0.15) is 13.2 Å². The summed E-state index contributed by atoms with van der Waals surface area (Å²) < 4.78 is 39.4. The van der Waals surface area contributed by atoms with Crippen molar-refractivity contribution in [2.45, 2.75) is 23.9 Å². The summed E-state index contributed by atoms with van der Waals surface area (Å²) in [7, 11) is 0. The van der Waals surface area contributed by atoms with Crippen LogP contribution in [0.2, 0.25) is 0 Å². The molecule has 4 nitrogen and oxygen atoms in total. The van der Waals surface area contributed by atoms with E-state index in [0.29, 0.717) is 16.6 Å². The summed E-state index contributed by atoms with van der Waals surface area (Å²) >= 11 is 1.42. The Kier molecular flexibility index (Phi) is 4.57. The minimum absolute atomic E-state index is 0.524. The predicted molar refractivity (Wildman–Crippen MR) is 84.9 cm³/mol. The lowest BCUT2D eigenvalue weighted by molar-refractivity contribution is -0.137. The molecule has 3 rings (SSSR count). The highest BCUT2D eigenvalue weighted by Crippen LogP contribution is 2.30. The molecule has 124 valence electrons. The minimum Gasteiger partial charge on any atom is -0.287 e. The van der Waals surface area contributed by atoms with Gasteiger partial charge >= 0.3 is 6.18 Å². The highest BCUT2D eigenvalue weighted by atomic mass is 32.2. The maximum absolute atomic E-state index is 12.5. The number of rotatable bonds is 4. The van der Waals surface area contributed by atoms with Crippen molar-refractivity contribution in [2.24, 2.45) is 0 Å². The maximum atomic E-state index is 12.5. The van der Waals surface area contributed by atoms with E-state index in [9.17, 15) is 13.2 Å². The molecule has 0 unspecified atom stereocenters. The van der Waals surface area contributed by atoms with Crippen LogP contribution in [-0.2, 0) is 11.9 Å². The number of benzene rings is 1. The quantitative estimate of drug-likeness (QED) is 0.659. The Morgan fingerprint density at radius 1 is 1.04 bits per heavy atom. The number of imidazole rings is 1. The molecule has 24 heavy (non-hydrogen) atoms. The van der Waals surface area contributed by atoms with Crippen molar-refractivity contribution in [3.8, 4) is 5.82 Å². The normalized spacial score (nSPS) is 11.7. The number of thioether (sulfide) groups is 1. The molecule has 0 bridgehead atoms. The molecular weight excluding hydrogens is 337 g/mol. The summed E-state index contributed by atoms with van der Waals surface area (Å²) in [5.74, 6) is 2.01. The fourth-order valence-corrected chi connectivity index (χ4v) is 2.86. The summed E-state index contributed by atoms with van der Waals surface area (Å²) in [6.07, 6.45) is -0.822. The van der Waals surface area contributed by atoms with Gasteiger partial charge in [-0.1, -0.05) is 23.9 Å². The lowest BCUT2D eigenvalue weighted by Crippen LogP contribution is -2.04. The van der Waals surface area contributed by atoms with Gasteiger partial charge in [-0.25, -0.2) is 4.98 Å². The second kappa shape index (κ2) is 6.64. The molecule has 0 radical (unpaired) electrons. The maximum Gasteiger partial charge on any atom is 0.416 e. The number of hydrogen-bond donors (Lipinski definition) is 0. The van der Waals surface area contributed by atoms with Gasteiger partial charge in [0.05, 0.1) is 5.56 Å². The van der Waals surface area contributed by atoms with Crippen LogP contribution in [0.1, 0.15) is 17.0 Å². The van der Waals surface area contributed by atoms with Crippen molar-refractivity contribution in [2.75, 3.05) is 0 Å². The summed E-state index contributed by atoms with van der Waals surface area (Å²) in [4.78, 5) is 4.13. The number of halogens is 3. The number of nitrogens with zero attached hydrogens (tertiary/aromatic N) is 4. The van der Waals surface area contributed by atoms with Crippen molar-refractivity contribution in [1.82, 2.24) is 19.7 Å². The second-order valence-electron chi connectivity index (χ2n) is 5.06. The van der Waals surface area contributed by atoms with Gasteiger partial charge in [0.2, 0.25) is 0 Å². The molecule has 0 saturated carbocycles. The van der Waals surface area contributed by atoms with Crippen molar-refractivity contribution < 1.29 is 13.2 Å². The highest BCUT2D eigenvalue weighted by molar-refractivity contribution is 7.98. The second-order valence-corrected chi connectivity index (χ2v) is 6.05. The molecule has 0 saturated heterocycles. The fraction of sp³-hybridized carbons (Fsp3) is 0.188. The minimum atomic E-state index is -4.31. The molecule has 0 amide bonds. The van der Waals surface area contributed by atoms with E-state index < -0.39 is 11.7 Å². The molecule has 0 aliphatic heterocycles. The van der Waals surface area contributed by atoms with Crippen LogP contribution in [0.3, 0.4) is 0 Å². The van der Waals surface area contributed by atoms with Crippen LogP contribution in [0, 0.1) is 6.92 Å². The molecular formula is C16H13F3N4S. The molecule has 1 aromatic carbocycles. The Balaban J connectivity index is 1.64. The smallest absolute Gasteiger partial charge is 0.287 e. The van der Waals surface area contributed by atoms with Crippen LogP contribution >= 0.6 is 11.8 Å².